The normalized spacial score (nSPS) is 23.8. The Hall–Kier alpha value is -1.59. The van der Waals surface area contributed by atoms with Crippen molar-refractivity contribution in [1.82, 2.24) is 10.4 Å². The van der Waals surface area contributed by atoms with Gasteiger partial charge in [-0.05, 0) is 19.4 Å². The highest BCUT2D eigenvalue weighted by molar-refractivity contribution is 5.66. The highest BCUT2D eigenvalue weighted by Crippen LogP contribution is 2.07. The Bertz CT molecular complexity index is 410. The first-order chi connectivity index (χ1) is 9.15. The summed E-state index contributed by atoms with van der Waals surface area (Å²) in [6.07, 6.45) is -0.438. The monoisotopic (exact) mass is 264 g/mol. The van der Waals surface area contributed by atoms with Crippen LogP contribution in [-0.2, 0) is 16.2 Å². The van der Waals surface area contributed by atoms with E-state index in [0.29, 0.717) is 13.2 Å². The molecule has 0 spiro atoms. The second-order valence-electron chi connectivity index (χ2n) is 4.87. The number of hydroxylamine groups is 2. The molecule has 0 aromatic heterocycles. The maximum Gasteiger partial charge on any atom is 0.434 e. The van der Waals surface area contributed by atoms with Crippen molar-refractivity contribution in [3.8, 4) is 0 Å². The molecule has 1 aromatic carbocycles. The summed E-state index contributed by atoms with van der Waals surface area (Å²) in [7, 11) is 0. The molecule has 1 amide bonds. The summed E-state index contributed by atoms with van der Waals surface area (Å²) in [4.78, 5) is 17.4. The minimum Gasteiger partial charge on any atom is -0.443 e. The van der Waals surface area contributed by atoms with Crippen LogP contribution < -0.4 is 5.32 Å². The van der Waals surface area contributed by atoms with Crippen molar-refractivity contribution in [3.63, 3.8) is 0 Å². The van der Waals surface area contributed by atoms with E-state index in [1.807, 2.05) is 44.2 Å². The van der Waals surface area contributed by atoms with Crippen molar-refractivity contribution < 1.29 is 14.4 Å². The van der Waals surface area contributed by atoms with Gasteiger partial charge in [-0.15, -0.1) is 0 Å². The van der Waals surface area contributed by atoms with E-state index in [9.17, 15) is 4.79 Å². The molecule has 1 N–H and O–H groups in total. The molecule has 1 aromatic rings. The molecule has 5 heteroatoms. The number of hydrogen-bond donors (Lipinski definition) is 1. The Kier molecular flexibility index (Phi) is 4.76. The lowest BCUT2D eigenvalue weighted by molar-refractivity contribution is -0.133. The first-order valence-electron chi connectivity index (χ1n) is 6.52. The zero-order chi connectivity index (χ0) is 13.7. The van der Waals surface area contributed by atoms with E-state index in [4.69, 9.17) is 9.57 Å². The van der Waals surface area contributed by atoms with E-state index in [2.05, 4.69) is 5.32 Å². The van der Waals surface area contributed by atoms with Gasteiger partial charge in [0.05, 0.1) is 13.2 Å². The number of carbonyl (C=O) groups is 1. The van der Waals surface area contributed by atoms with Gasteiger partial charge in [-0.2, -0.15) is 5.06 Å². The van der Waals surface area contributed by atoms with Crippen LogP contribution in [0.1, 0.15) is 19.4 Å². The maximum absolute atomic E-state index is 11.9. The Morgan fingerprint density at radius 2 is 2.11 bits per heavy atom. The molecular weight excluding hydrogens is 244 g/mol. The zero-order valence-electron chi connectivity index (χ0n) is 11.3. The number of amides is 1. The van der Waals surface area contributed by atoms with Crippen molar-refractivity contribution >= 4 is 6.09 Å². The smallest absolute Gasteiger partial charge is 0.434 e. The first kappa shape index (κ1) is 13.8. The van der Waals surface area contributed by atoms with Crippen LogP contribution >= 0.6 is 0 Å². The van der Waals surface area contributed by atoms with Gasteiger partial charge >= 0.3 is 6.09 Å². The molecule has 1 fully saturated rings. The topological polar surface area (TPSA) is 50.8 Å². The summed E-state index contributed by atoms with van der Waals surface area (Å²) in [6.45, 7) is 5.25. The van der Waals surface area contributed by atoms with Crippen LogP contribution in [0.2, 0.25) is 0 Å². The van der Waals surface area contributed by atoms with Gasteiger partial charge in [-0.25, -0.2) is 4.79 Å². The molecule has 104 valence electrons. The van der Waals surface area contributed by atoms with Crippen LogP contribution in [0, 0.1) is 0 Å². The van der Waals surface area contributed by atoms with E-state index >= 15 is 0 Å². The number of nitrogens with one attached hydrogen (secondary N) is 1. The van der Waals surface area contributed by atoms with E-state index in [1.54, 1.807) is 0 Å². The lowest BCUT2D eigenvalue weighted by Crippen LogP contribution is -2.39. The molecule has 1 aliphatic heterocycles. The quantitative estimate of drug-likeness (QED) is 0.887. The Balaban J connectivity index is 1.85. The van der Waals surface area contributed by atoms with Gasteiger partial charge in [0, 0.05) is 12.1 Å². The summed E-state index contributed by atoms with van der Waals surface area (Å²) in [5.41, 5.74) is 0.963. The fourth-order valence-corrected chi connectivity index (χ4v) is 2.01. The average Bonchev–Trinajstić information content (AvgIpc) is 2.58. The number of ether oxygens (including phenoxy) is 1. The Labute approximate surface area is 113 Å². The van der Waals surface area contributed by atoms with Gasteiger partial charge in [0.25, 0.3) is 0 Å². The standard InChI is InChI=1S/C14H20N2O3/c1-11-8-16(19-9-12(2)15-11)14(17)18-10-13-6-4-3-5-7-13/h3-7,11-12,15H,8-10H2,1-2H3/t11-,12+/m0/s1. The number of carbonyl (C=O) groups excluding carboxylic acids is 1. The van der Waals surface area contributed by atoms with Crippen molar-refractivity contribution in [2.24, 2.45) is 0 Å². The minimum absolute atomic E-state index is 0.182. The molecule has 1 aliphatic rings. The lowest BCUT2D eigenvalue weighted by Gasteiger charge is -2.20. The van der Waals surface area contributed by atoms with Crippen molar-refractivity contribution in [3.05, 3.63) is 35.9 Å². The lowest BCUT2D eigenvalue weighted by atomic mass is 10.2. The summed E-state index contributed by atoms with van der Waals surface area (Å²) >= 11 is 0. The Morgan fingerprint density at radius 3 is 2.84 bits per heavy atom. The van der Waals surface area contributed by atoms with Gasteiger partial charge in [-0.1, -0.05) is 30.3 Å². The van der Waals surface area contributed by atoms with Crippen LogP contribution in [0.5, 0.6) is 0 Å². The van der Waals surface area contributed by atoms with Crippen LogP contribution in [0.25, 0.3) is 0 Å². The molecule has 2 rings (SSSR count). The zero-order valence-corrected chi connectivity index (χ0v) is 11.3. The molecule has 0 unspecified atom stereocenters. The van der Waals surface area contributed by atoms with Crippen molar-refractivity contribution in [2.45, 2.75) is 32.5 Å². The van der Waals surface area contributed by atoms with E-state index in [-0.39, 0.29) is 18.7 Å². The fourth-order valence-electron chi connectivity index (χ4n) is 2.01. The number of rotatable bonds is 2. The molecule has 0 saturated carbocycles. The van der Waals surface area contributed by atoms with Crippen LogP contribution in [0.4, 0.5) is 4.79 Å². The number of hydrogen-bond acceptors (Lipinski definition) is 4. The third-order valence-corrected chi connectivity index (χ3v) is 2.90. The van der Waals surface area contributed by atoms with E-state index < -0.39 is 6.09 Å². The molecule has 2 atom stereocenters. The van der Waals surface area contributed by atoms with Crippen LogP contribution in [-0.4, -0.2) is 36.4 Å². The van der Waals surface area contributed by atoms with Gasteiger partial charge in [0.1, 0.15) is 6.61 Å². The van der Waals surface area contributed by atoms with Gasteiger partial charge in [-0.3, -0.25) is 4.84 Å². The van der Waals surface area contributed by atoms with E-state index in [0.717, 1.165) is 5.56 Å². The average molecular weight is 264 g/mol. The van der Waals surface area contributed by atoms with Gasteiger partial charge < -0.3 is 10.1 Å². The van der Waals surface area contributed by atoms with Gasteiger partial charge in [0.2, 0.25) is 0 Å². The third kappa shape index (κ3) is 4.22. The van der Waals surface area contributed by atoms with Crippen LogP contribution in [0.15, 0.2) is 30.3 Å². The number of benzene rings is 1. The molecule has 0 bridgehead atoms. The third-order valence-electron chi connectivity index (χ3n) is 2.90. The molecule has 1 heterocycles. The maximum atomic E-state index is 11.9. The number of nitrogens with zero attached hydrogens (tertiary/aromatic N) is 1. The second-order valence-corrected chi connectivity index (χ2v) is 4.87. The predicted octanol–water partition coefficient (Wildman–Crippen LogP) is 1.94. The Morgan fingerprint density at radius 1 is 1.37 bits per heavy atom. The SMILES string of the molecule is C[C@@H]1CON(C(=O)OCc2ccccc2)C[C@H](C)N1. The fraction of sp³-hybridized carbons (Fsp3) is 0.500. The summed E-state index contributed by atoms with van der Waals surface area (Å²) in [5.74, 6) is 0. The summed E-state index contributed by atoms with van der Waals surface area (Å²) in [6, 6.07) is 10.0. The van der Waals surface area contributed by atoms with Crippen molar-refractivity contribution in [2.75, 3.05) is 13.2 Å². The highest BCUT2D eigenvalue weighted by Gasteiger charge is 2.24. The highest BCUT2D eigenvalue weighted by atomic mass is 16.7. The van der Waals surface area contributed by atoms with Gasteiger partial charge in [0.15, 0.2) is 0 Å². The molecule has 0 radical (unpaired) electrons. The first-order valence-corrected chi connectivity index (χ1v) is 6.52. The summed E-state index contributed by atoms with van der Waals surface area (Å²) in [5, 5.41) is 4.62. The second kappa shape index (κ2) is 6.54. The predicted molar refractivity (Wildman–Crippen MR) is 71.3 cm³/mol. The minimum atomic E-state index is -0.438. The van der Waals surface area contributed by atoms with Crippen LogP contribution in [0.3, 0.4) is 0 Å². The van der Waals surface area contributed by atoms with Crippen molar-refractivity contribution in [1.29, 1.82) is 0 Å². The molecule has 19 heavy (non-hydrogen) atoms. The molecular formula is C14H20N2O3. The van der Waals surface area contributed by atoms with E-state index in [1.165, 1.54) is 5.06 Å². The molecule has 0 aliphatic carbocycles. The largest absolute Gasteiger partial charge is 0.443 e. The summed E-state index contributed by atoms with van der Waals surface area (Å²) < 4.78 is 5.24. The molecule has 1 saturated heterocycles. The molecule has 5 nitrogen and oxygen atoms in total.